The maximum absolute atomic E-state index is 14.0. The van der Waals surface area contributed by atoms with Crippen molar-refractivity contribution in [3.63, 3.8) is 0 Å². The highest BCUT2D eigenvalue weighted by Crippen LogP contribution is 2.53. The minimum absolute atomic E-state index is 0.0110. The molecule has 1 N–H and O–H groups in total. The van der Waals surface area contributed by atoms with Crippen molar-refractivity contribution in [3.05, 3.63) is 64.7 Å². The fourth-order valence-electron chi connectivity index (χ4n) is 4.83. The molecule has 2 aromatic rings. The van der Waals surface area contributed by atoms with Crippen LogP contribution in [0.4, 0.5) is 5.69 Å². The minimum atomic E-state index is -1.77. The molecule has 1 fully saturated rings. The summed E-state index contributed by atoms with van der Waals surface area (Å²) in [6.07, 6.45) is 0. The number of hydrogen-bond acceptors (Lipinski definition) is 6. The lowest BCUT2D eigenvalue weighted by molar-refractivity contribution is -0.144. The molecule has 8 nitrogen and oxygen atoms in total. The van der Waals surface area contributed by atoms with E-state index in [4.69, 9.17) is 9.47 Å². The molecule has 8 heteroatoms. The summed E-state index contributed by atoms with van der Waals surface area (Å²) in [5, 5.41) is 11.4. The van der Waals surface area contributed by atoms with Gasteiger partial charge in [0.2, 0.25) is 0 Å². The Labute approximate surface area is 192 Å². The molecule has 2 aliphatic heterocycles. The van der Waals surface area contributed by atoms with Crippen LogP contribution in [0.2, 0.25) is 0 Å². The average Bonchev–Trinajstić information content (AvgIpc) is 3.20. The number of carbonyl (C=O) groups is 3. The molecular formula is C25H26N2O6. The van der Waals surface area contributed by atoms with Crippen LogP contribution >= 0.6 is 0 Å². The number of amides is 2. The number of aryl methyl sites for hydroxylation is 1. The van der Waals surface area contributed by atoms with Crippen LogP contribution in [0, 0.1) is 6.92 Å². The second-order valence-corrected chi connectivity index (χ2v) is 7.96. The molecule has 0 aliphatic carbocycles. The first-order valence-corrected chi connectivity index (χ1v) is 10.7. The number of ketones is 1. The number of likely N-dealkylation sites (N-methyl/N-ethyl adjacent to an activating group) is 1. The Morgan fingerprint density at radius 1 is 1.09 bits per heavy atom. The van der Waals surface area contributed by atoms with E-state index >= 15 is 0 Å². The zero-order valence-corrected chi connectivity index (χ0v) is 19.0. The number of anilines is 1. The lowest BCUT2D eigenvalue weighted by Crippen LogP contribution is -2.52. The standard InChI is InChI=1S/C25H26N2O6/c1-5-26-18-9-7-6-8-17(18)25(24(26)31)20(22(29)23(30)27(25)12-13-32-3)21(28)16-10-11-19(33-4)15(2)14-16/h6-11,14,28H,5,12-13H2,1-4H3/t25-/m1/s1. The van der Waals surface area contributed by atoms with Crippen LogP contribution in [0.25, 0.3) is 5.76 Å². The largest absolute Gasteiger partial charge is 0.507 e. The van der Waals surface area contributed by atoms with Crippen LogP contribution < -0.4 is 9.64 Å². The molecule has 0 bridgehead atoms. The van der Waals surface area contributed by atoms with Gasteiger partial charge < -0.3 is 24.4 Å². The first-order valence-electron chi connectivity index (χ1n) is 10.7. The van der Waals surface area contributed by atoms with Gasteiger partial charge >= 0.3 is 0 Å². The molecule has 0 aromatic heterocycles. The van der Waals surface area contributed by atoms with Crippen LogP contribution in [-0.4, -0.2) is 61.5 Å². The summed E-state index contributed by atoms with van der Waals surface area (Å²) >= 11 is 0. The Balaban J connectivity index is 2.05. The Morgan fingerprint density at radius 3 is 2.45 bits per heavy atom. The molecule has 0 radical (unpaired) electrons. The maximum Gasteiger partial charge on any atom is 0.296 e. The highest BCUT2D eigenvalue weighted by molar-refractivity contribution is 6.50. The topological polar surface area (TPSA) is 96.4 Å². The van der Waals surface area contributed by atoms with Gasteiger partial charge in [0, 0.05) is 31.3 Å². The van der Waals surface area contributed by atoms with Gasteiger partial charge in [-0.15, -0.1) is 0 Å². The third kappa shape index (κ3) is 3.05. The third-order valence-corrected chi connectivity index (χ3v) is 6.31. The van der Waals surface area contributed by atoms with Gasteiger partial charge in [-0.25, -0.2) is 0 Å². The van der Waals surface area contributed by atoms with Crippen LogP contribution in [-0.2, 0) is 24.7 Å². The smallest absolute Gasteiger partial charge is 0.296 e. The van der Waals surface area contributed by atoms with Crippen LogP contribution in [0.5, 0.6) is 5.75 Å². The lowest BCUT2D eigenvalue weighted by atomic mass is 9.82. The monoisotopic (exact) mass is 450 g/mol. The van der Waals surface area contributed by atoms with Crippen LogP contribution in [0.1, 0.15) is 23.6 Å². The SMILES string of the molecule is CCN1C(=O)[C@]2(C(=C(O)c3ccc(OC)c(C)c3)C(=O)C(=O)N2CCOC)c2ccccc21. The molecule has 0 unspecified atom stereocenters. The van der Waals surface area contributed by atoms with E-state index in [0.717, 1.165) is 5.56 Å². The first kappa shape index (κ1) is 22.5. The number of fused-ring (bicyclic) bond motifs is 2. The van der Waals surface area contributed by atoms with Crippen LogP contribution in [0.15, 0.2) is 48.0 Å². The van der Waals surface area contributed by atoms with Crippen molar-refractivity contribution in [2.24, 2.45) is 0 Å². The normalized spacial score (nSPS) is 21.3. The van der Waals surface area contributed by atoms with E-state index in [2.05, 4.69) is 0 Å². The fraction of sp³-hybridized carbons (Fsp3) is 0.320. The molecule has 33 heavy (non-hydrogen) atoms. The number of hydrogen-bond donors (Lipinski definition) is 1. The van der Waals surface area contributed by atoms with Gasteiger partial charge in [-0.1, -0.05) is 18.2 Å². The predicted octanol–water partition coefficient (Wildman–Crippen LogP) is 2.59. The first-order chi connectivity index (χ1) is 15.8. The van der Waals surface area contributed by atoms with Crippen molar-refractivity contribution >= 4 is 29.0 Å². The average molecular weight is 450 g/mol. The molecule has 1 atom stereocenters. The molecule has 2 amide bonds. The molecule has 2 heterocycles. The highest BCUT2D eigenvalue weighted by atomic mass is 16.5. The lowest BCUT2D eigenvalue weighted by Gasteiger charge is -2.34. The number of para-hydroxylation sites is 1. The van der Waals surface area contributed by atoms with Crippen molar-refractivity contribution in [1.29, 1.82) is 0 Å². The number of benzene rings is 2. The molecular weight excluding hydrogens is 424 g/mol. The second kappa shape index (κ2) is 8.37. The number of ether oxygens (including phenoxy) is 2. The Bertz CT molecular complexity index is 1190. The van der Waals surface area contributed by atoms with Crippen molar-refractivity contribution in [3.8, 4) is 5.75 Å². The highest BCUT2D eigenvalue weighted by Gasteiger charge is 2.66. The van der Waals surface area contributed by atoms with E-state index in [1.807, 2.05) is 6.92 Å². The number of aliphatic hydroxyl groups is 1. The molecule has 0 saturated carbocycles. The van der Waals surface area contributed by atoms with E-state index in [1.54, 1.807) is 49.4 Å². The van der Waals surface area contributed by atoms with Crippen molar-refractivity contribution in [2.45, 2.75) is 19.4 Å². The predicted molar refractivity (Wildman–Crippen MR) is 122 cm³/mol. The number of methoxy groups -OCH3 is 2. The number of nitrogens with zero attached hydrogens (tertiary/aromatic N) is 2. The van der Waals surface area contributed by atoms with Gasteiger partial charge in [0.1, 0.15) is 11.5 Å². The fourth-order valence-corrected chi connectivity index (χ4v) is 4.83. The van der Waals surface area contributed by atoms with E-state index in [9.17, 15) is 19.5 Å². The van der Waals surface area contributed by atoms with Gasteiger partial charge in [-0.3, -0.25) is 14.4 Å². The van der Waals surface area contributed by atoms with E-state index in [0.29, 0.717) is 29.1 Å². The number of aliphatic hydroxyl groups excluding tert-OH is 1. The molecule has 172 valence electrons. The quantitative estimate of drug-likeness (QED) is 0.413. The molecule has 1 saturated heterocycles. The third-order valence-electron chi connectivity index (χ3n) is 6.31. The van der Waals surface area contributed by atoms with Crippen molar-refractivity contribution in [1.82, 2.24) is 4.90 Å². The number of rotatable bonds is 6. The molecule has 2 aliphatic rings. The van der Waals surface area contributed by atoms with Gasteiger partial charge in [0.25, 0.3) is 17.6 Å². The second-order valence-electron chi connectivity index (χ2n) is 7.96. The van der Waals surface area contributed by atoms with Gasteiger partial charge in [0.05, 0.1) is 25.0 Å². The van der Waals surface area contributed by atoms with Gasteiger partial charge in [-0.2, -0.15) is 0 Å². The van der Waals surface area contributed by atoms with E-state index in [-0.39, 0.29) is 18.7 Å². The zero-order chi connectivity index (χ0) is 23.9. The Kier molecular flexibility index (Phi) is 5.71. The summed E-state index contributed by atoms with van der Waals surface area (Å²) in [4.78, 5) is 43.3. The number of carbonyl (C=O) groups excluding carboxylic acids is 3. The van der Waals surface area contributed by atoms with Crippen molar-refractivity contribution < 1.29 is 29.0 Å². The summed E-state index contributed by atoms with van der Waals surface area (Å²) in [5.74, 6) is -1.99. The molecule has 1 spiro atoms. The van der Waals surface area contributed by atoms with Gasteiger partial charge in [0.15, 0.2) is 5.54 Å². The summed E-state index contributed by atoms with van der Waals surface area (Å²) in [7, 11) is 3.02. The molecule has 2 aromatic carbocycles. The summed E-state index contributed by atoms with van der Waals surface area (Å²) in [5.41, 5.74) is 0.138. The summed E-state index contributed by atoms with van der Waals surface area (Å²) < 4.78 is 10.5. The van der Waals surface area contributed by atoms with Crippen molar-refractivity contribution in [2.75, 3.05) is 38.8 Å². The maximum atomic E-state index is 14.0. The minimum Gasteiger partial charge on any atom is -0.507 e. The van der Waals surface area contributed by atoms with E-state index < -0.39 is 28.9 Å². The summed E-state index contributed by atoms with van der Waals surface area (Å²) in [6, 6.07) is 12.0. The number of likely N-dealkylation sites (tertiary alicyclic amines) is 1. The Hall–Kier alpha value is -3.65. The van der Waals surface area contributed by atoms with E-state index in [1.165, 1.54) is 24.0 Å². The molecule has 4 rings (SSSR count). The van der Waals surface area contributed by atoms with Crippen LogP contribution in [0.3, 0.4) is 0 Å². The zero-order valence-electron chi connectivity index (χ0n) is 19.0. The number of Topliss-reactive ketones (excluding diaryl/α,β-unsaturated/α-hetero) is 1. The van der Waals surface area contributed by atoms with Gasteiger partial charge in [-0.05, 0) is 43.7 Å². The Morgan fingerprint density at radius 2 is 1.82 bits per heavy atom. The summed E-state index contributed by atoms with van der Waals surface area (Å²) in [6.45, 7) is 4.10.